The first-order valence-electron chi connectivity index (χ1n) is 7.89. The summed E-state index contributed by atoms with van der Waals surface area (Å²) in [6.45, 7) is 5.92. The summed E-state index contributed by atoms with van der Waals surface area (Å²) in [7, 11) is 0. The quantitative estimate of drug-likeness (QED) is 0.476. The molecule has 0 saturated carbocycles. The Bertz CT molecular complexity index is 449. The van der Waals surface area contributed by atoms with Crippen LogP contribution in [0.4, 0.5) is 0 Å². The van der Waals surface area contributed by atoms with Crippen LogP contribution in [0.15, 0.2) is 6.07 Å². The molecule has 3 unspecified atom stereocenters. The molecular formula is C17H30N2O3. The Balaban J connectivity index is 3.54. The van der Waals surface area contributed by atoms with Gasteiger partial charge in [-0.25, -0.2) is 0 Å². The highest BCUT2D eigenvalue weighted by molar-refractivity contribution is 5.47. The molecule has 0 fully saturated rings. The average Bonchev–Trinajstić information content (AvgIpc) is 2.41. The maximum absolute atomic E-state index is 9.86. The van der Waals surface area contributed by atoms with E-state index >= 15 is 0 Å². The van der Waals surface area contributed by atoms with E-state index in [0.29, 0.717) is 32.4 Å². The first-order valence-corrected chi connectivity index (χ1v) is 7.89. The Hall–Kier alpha value is -0.980. The molecule has 3 atom stereocenters. The molecule has 0 saturated heterocycles. The summed E-state index contributed by atoms with van der Waals surface area (Å²) in [5.74, 6) is 0. The van der Waals surface area contributed by atoms with Gasteiger partial charge in [0, 0.05) is 13.1 Å². The van der Waals surface area contributed by atoms with Gasteiger partial charge in [0.15, 0.2) is 0 Å². The Labute approximate surface area is 133 Å². The van der Waals surface area contributed by atoms with Crippen LogP contribution in [0.2, 0.25) is 0 Å². The van der Waals surface area contributed by atoms with Crippen molar-refractivity contribution in [3.05, 3.63) is 33.9 Å². The van der Waals surface area contributed by atoms with E-state index < -0.39 is 18.3 Å². The molecule has 5 nitrogen and oxygen atoms in total. The number of rotatable bonds is 8. The lowest BCUT2D eigenvalue weighted by Gasteiger charge is -2.24. The van der Waals surface area contributed by atoms with Crippen LogP contribution < -0.4 is 11.5 Å². The van der Waals surface area contributed by atoms with Crippen LogP contribution in [0.25, 0.3) is 0 Å². The second kappa shape index (κ2) is 8.60. The number of nitrogens with two attached hydrogens (primary N) is 2. The summed E-state index contributed by atoms with van der Waals surface area (Å²) in [6.07, 6.45) is -0.0924. The summed E-state index contributed by atoms with van der Waals surface area (Å²) >= 11 is 0. The highest BCUT2D eigenvalue weighted by Crippen LogP contribution is 2.28. The fourth-order valence-corrected chi connectivity index (χ4v) is 2.96. The standard InChI is InChI=1S/C17H30N2O3/c1-10(20)4-15-13(8-18)7-14(9-19)16(5-11(2)21)17(15)6-12(3)22/h7,10-12,20-22H,4-6,8-9,18-19H2,1-3H3. The lowest BCUT2D eigenvalue weighted by Crippen LogP contribution is -2.21. The van der Waals surface area contributed by atoms with Crippen molar-refractivity contribution in [3.8, 4) is 0 Å². The molecule has 0 spiro atoms. The Morgan fingerprint density at radius 3 is 1.32 bits per heavy atom. The number of hydrogen-bond donors (Lipinski definition) is 5. The largest absolute Gasteiger partial charge is 0.393 e. The van der Waals surface area contributed by atoms with Crippen molar-refractivity contribution in [3.63, 3.8) is 0 Å². The van der Waals surface area contributed by atoms with Crippen molar-refractivity contribution in [1.29, 1.82) is 0 Å². The lowest BCUT2D eigenvalue weighted by atomic mass is 9.84. The van der Waals surface area contributed by atoms with Crippen molar-refractivity contribution >= 4 is 0 Å². The molecule has 126 valence electrons. The third kappa shape index (κ3) is 5.04. The monoisotopic (exact) mass is 310 g/mol. The molecule has 0 aromatic heterocycles. The average molecular weight is 310 g/mol. The molecule has 1 aromatic carbocycles. The highest BCUT2D eigenvalue weighted by atomic mass is 16.3. The van der Waals surface area contributed by atoms with E-state index in [1.165, 1.54) is 0 Å². The van der Waals surface area contributed by atoms with Crippen LogP contribution in [-0.4, -0.2) is 33.6 Å². The van der Waals surface area contributed by atoms with Gasteiger partial charge in [-0.15, -0.1) is 0 Å². The molecule has 0 aliphatic carbocycles. The van der Waals surface area contributed by atoms with Gasteiger partial charge in [0.05, 0.1) is 18.3 Å². The van der Waals surface area contributed by atoms with Gasteiger partial charge in [-0.1, -0.05) is 6.07 Å². The van der Waals surface area contributed by atoms with Gasteiger partial charge in [-0.2, -0.15) is 0 Å². The van der Waals surface area contributed by atoms with Gasteiger partial charge in [0.1, 0.15) is 0 Å². The van der Waals surface area contributed by atoms with E-state index in [2.05, 4.69) is 0 Å². The molecule has 0 bridgehead atoms. The molecular weight excluding hydrogens is 280 g/mol. The minimum Gasteiger partial charge on any atom is -0.393 e. The van der Waals surface area contributed by atoms with Crippen LogP contribution >= 0.6 is 0 Å². The Kier molecular flexibility index (Phi) is 7.45. The zero-order valence-corrected chi connectivity index (χ0v) is 13.8. The van der Waals surface area contributed by atoms with Crippen molar-refractivity contribution < 1.29 is 15.3 Å². The maximum atomic E-state index is 9.86. The second-order valence-electron chi connectivity index (χ2n) is 6.20. The van der Waals surface area contributed by atoms with Gasteiger partial charge >= 0.3 is 0 Å². The van der Waals surface area contributed by atoms with Gasteiger partial charge in [-0.3, -0.25) is 0 Å². The molecule has 1 aromatic rings. The molecule has 0 aliphatic heterocycles. The van der Waals surface area contributed by atoms with Crippen molar-refractivity contribution in [1.82, 2.24) is 0 Å². The van der Waals surface area contributed by atoms with Crippen LogP contribution in [-0.2, 0) is 32.4 Å². The summed E-state index contributed by atoms with van der Waals surface area (Å²) in [4.78, 5) is 0. The Morgan fingerprint density at radius 2 is 1.05 bits per heavy atom. The van der Waals surface area contributed by atoms with Crippen LogP contribution in [0.1, 0.15) is 48.6 Å². The number of aliphatic hydroxyl groups excluding tert-OH is 3. The van der Waals surface area contributed by atoms with E-state index in [1.807, 2.05) is 6.07 Å². The minimum absolute atomic E-state index is 0.358. The molecule has 1 rings (SSSR count). The Morgan fingerprint density at radius 1 is 0.727 bits per heavy atom. The van der Waals surface area contributed by atoms with Crippen molar-refractivity contribution in [2.24, 2.45) is 11.5 Å². The van der Waals surface area contributed by atoms with E-state index in [4.69, 9.17) is 11.5 Å². The predicted octanol–water partition coefficient (Wildman–Crippen LogP) is 0.374. The number of hydrogen-bond acceptors (Lipinski definition) is 5. The SMILES string of the molecule is CC(O)Cc1c(CN)cc(CN)c(CC(C)O)c1CC(C)O. The van der Waals surface area contributed by atoms with Gasteiger partial charge < -0.3 is 26.8 Å². The topological polar surface area (TPSA) is 113 Å². The summed E-state index contributed by atoms with van der Waals surface area (Å²) in [5.41, 5.74) is 16.6. The highest BCUT2D eigenvalue weighted by Gasteiger charge is 2.20. The first kappa shape index (κ1) is 19.1. The molecule has 22 heavy (non-hydrogen) atoms. The fraction of sp³-hybridized carbons (Fsp3) is 0.647. The normalized spacial score (nSPS) is 15.6. The fourth-order valence-electron chi connectivity index (χ4n) is 2.96. The second-order valence-corrected chi connectivity index (χ2v) is 6.20. The van der Waals surface area contributed by atoms with Crippen LogP contribution in [0.5, 0.6) is 0 Å². The third-order valence-corrected chi connectivity index (χ3v) is 3.79. The van der Waals surface area contributed by atoms with Crippen LogP contribution in [0.3, 0.4) is 0 Å². The van der Waals surface area contributed by atoms with Crippen molar-refractivity contribution in [2.75, 3.05) is 0 Å². The summed E-state index contributed by atoms with van der Waals surface area (Å²) < 4.78 is 0. The number of aliphatic hydroxyl groups is 3. The lowest BCUT2D eigenvalue weighted by molar-refractivity contribution is 0.184. The number of benzene rings is 1. The molecule has 5 heteroatoms. The van der Waals surface area contributed by atoms with Gasteiger partial charge in [-0.05, 0) is 67.9 Å². The van der Waals surface area contributed by atoms with E-state index in [-0.39, 0.29) is 0 Å². The molecule has 0 amide bonds. The van der Waals surface area contributed by atoms with Gasteiger partial charge in [0.2, 0.25) is 0 Å². The predicted molar refractivity (Wildman–Crippen MR) is 88.4 cm³/mol. The maximum Gasteiger partial charge on any atom is 0.0552 e. The minimum atomic E-state index is -0.515. The zero-order valence-electron chi connectivity index (χ0n) is 13.8. The van der Waals surface area contributed by atoms with E-state index in [0.717, 1.165) is 27.8 Å². The molecule has 0 aliphatic rings. The van der Waals surface area contributed by atoms with Gasteiger partial charge in [0.25, 0.3) is 0 Å². The molecule has 0 heterocycles. The third-order valence-electron chi connectivity index (χ3n) is 3.79. The van der Waals surface area contributed by atoms with Crippen molar-refractivity contribution in [2.45, 2.75) is 71.4 Å². The summed E-state index contributed by atoms with van der Waals surface area (Å²) in [6, 6.07) is 1.97. The summed E-state index contributed by atoms with van der Waals surface area (Å²) in [5, 5.41) is 29.5. The van der Waals surface area contributed by atoms with E-state index in [1.54, 1.807) is 20.8 Å². The zero-order chi connectivity index (χ0) is 16.9. The van der Waals surface area contributed by atoms with Crippen LogP contribution in [0, 0.1) is 0 Å². The molecule has 7 N–H and O–H groups in total. The van der Waals surface area contributed by atoms with E-state index in [9.17, 15) is 15.3 Å². The molecule has 0 radical (unpaired) electrons. The first-order chi connectivity index (χ1) is 10.3. The smallest absolute Gasteiger partial charge is 0.0552 e.